The van der Waals surface area contributed by atoms with Crippen molar-refractivity contribution in [3.05, 3.63) is 35.9 Å². The highest BCUT2D eigenvalue weighted by atomic mass is 32.2. The molecule has 0 bridgehead atoms. The number of alkyl carbamates (subject to hydrolysis) is 1. The van der Waals surface area contributed by atoms with Crippen LogP contribution in [0.4, 0.5) is 4.79 Å². The lowest BCUT2D eigenvalue weighted by atomic mass is 10.2. The summed E-state index contributed by atoms with van der Waals surface area (Å²) < 4.78 is 9.89. The van der Waals surface area contributed by atoms with Gasteiger partial charge < -0.3 is 19.9 Å². The van der Waals surface area contributed by atoms with Gasteiger partial charge in [0.2, 0.25) is 0 Å². The van der Waals surface area contributed by atoms with E-state index >= 15 is 0 Å². The van der Waals surface area contributed by atoms with Crippen LogP contribution in [0.3, 0.4) is 0 Å². The summed E-state index contributed by atoms with van der Waals surface area (Å²) in [7, 11) is 0. The van der Waals surface area contributed by atoms with Gasteiger partial charge in [-0.05, 0) is 12.5 Å². The van der Waals surface area contributed by atoms with Gasteiger partial charge in [-0.2, -0.15) is 0 Å². The van der Waals surface area contributed by atoms with Gasteiger partial charge in [0.15, 0.2) is 0 Å². The van der Waals surface area contributed by atoms with Crippen LogP contribution in [0.25, 0.3) is 0 Å². The van der Waals surface area contributed by atoms with Gasteiger partial charge >= 0.3 is 18.0 Å². The molecule has 1 atom stereocenters. The molecule has 0 saturated carbocycles. The molecular weight excluding hydrogens is 322 g/mol. The van der Waals surface area contributed by atoms with E-state index in [-0.39, 0.29) is 24.7 Å². The minimum Gasteiger partial charge on any atom is -0.481 e. The monoisotopic (exact) mass is 341 g/mol. The van der Waals surface area contributed by atoms with E-state index in [9.17, 15) is 14.4 Å². The average molecular weight is 341 g/mol. The largest absolute Gasteiger partial charge is 0.481 e. The van der Waals surface area contributed by atoms with Crippen LogP contribution in [0.2, 0.25) is 0 Å². The van der Waals surface area contributed by atoms with E-state index in [1.165, 1.54) is 0 Å². The second kappa shape index (κ2) is 10.5. The Labute approximate surface area is 138 Å². The number of carbonyl (C=O) groups excluding carboxylic acids is 2. The van der Waals surface area contributed by atoms with Gasteiger partial charge in [0, 0.05) is 5.75 Å². The zero-order valence-electron chi connectivity index (χ0n) is 12.7. The van der Waals surface area contributed by atoms with Gasteiger partial charge in [-0.25, -0.2) is 9.59 Å². The number of aliphatic carboxylic acids is 1. The summed E-state index contributed by atoms with van der Waals surface area (Å²) >= 11 is 1.01. The van der Waals surface area contributed by atoms with Gasteiger partial charge in [-0.3, -0.25) is 4.79 Å². The molecule has 1 aromatic rings. The molecule has 0 aromatic heterocycles. The smallest absolute Gasteiger partial charge is 0.408 e. The molecule has 2 N–H and O–H groups in total. The summed E-state index contributed by atoms with van der Waals surface area (Å²) in [6.07, 6.45) is -0.761. The maximum absolute atomic E-state index is 11.8. The number of ether oxygens (including phenoxy) is 2. The Bertz CT molecular complexity index is 522. The number of rotatable bonds is 9. The Kier molecular flexibility index (Phi) is 8.59. The number of carbonyl (C=O) groups is 3. The molecular formula is C15H19NO6S. The van der Waals surface area contributed by atoms with Crippen molar-refractivity contribution in [1.29, 1.82) is 0 Å². The highest BCUT2D eigenvalue weighted by Gasteiger charge is 2.23. The zero-order chi connectivity index (χ0) is 17.1. The molecule has 1 aromatic carbocycles. The third kappa shape index (κ3) is 8.10. The maximum Gasteiger partial charge on any atom is 0.408 e. The Morgan fingerprint density at radius 2 is 1.91 bits per heavy atom. The van der Waals surface area contributed by atoms with Gasteiger partial charge in [-0.1, -0.05) is 30.3 Å². The predicted molar refractivity (Wildman–Crippen MR) is 85.1 cm³/mol. The molecule has 126 valence electrons. The number of nitrogens with one attached hydrogen (secondary N) is 1. The van der Waals surface area contributed by atoms with E-state index in [1.807, 2.05) is 18.2 Å². The number of hydrogen-bond donors (Lipinski definition) is 2. The number of carboxylic acids is 1. The number of amides is 1. The Morgan fingerprint density at radius 1 is 1.22 bits per heavy atom. The van der Waals surface area contributed by atoms with Gasteiger partial charge in [-0.15, -0.1) is 11.8 Å². The molecule has 0 saturated heterocycles. The molecule has 0 heterocycles. The molecule has 8 heteroatoms. The normalized spacial score (nSPS) is 11.3. The van der Waals surface area contributed by atoms with E-state index in [4.69, 9.17) is 14.6 Å². The number of benzene rings is 1. The first kappa shape index (κ1) is 18.8. The maximum atomic E-state index is 11.8. The van der Waals surface area contributed by atoms with E-state index in [1.54, 1.807) is 19.1 Å². The van der Waals surface area contributed by atoms with Crippen LogP contribution in [0, 0.1) is 0 Å². The quantitative estimate of drug-likeness (QED) is 0.659. The first-order valence-corrected chi connectivity index (χ1v) is 8.11. The van der Waals surface area contributed by atoms with Crippen molar-refractivity contribution in [3.63, 3.8) is 0 Å². The van der Waals surface area contributed by atoms with Crippen molar-refractivity contribution in [1.82, 2.24) is 5.32 Å². The number of hydrogen-bond acceptors (Lipinski definition) is 6. The van der Waals surface area contributed by atoms with Crippen LogP contribution in [0.15, 0.2) is 30.3 Å². The molecule has 1 amide bonds. The van der Waals surface area contributed by atoms with Gasteiger partial charge in [0.25, 0.3) is 0 Å². The van der Waals surface area contributed by atoms with Crippen molar-refractivity contribution in [3.8, 4) is 0 Å². The highest BCUT2D eigenvalue weighted by Crippen LogP contribution is 2.06. The van der Waals surface area contributed by atoms with Crippen molar-refractivity contribution >= 4 is 29.8 Å². The van der Waals surface area contributed by atoms with Crippen LogP contribution >= 0.6 is 11.8 Å². The van der Waals surface area contributed by atoms with Crippen molar-refractivity contribution in [2.75, 3.05) is 18.1 Å². The predicted octanol–water partition coefficient (Wildman–Crippen LogP) is 1.66. The molecule has 0 aliphatic heterocycles. The molecule has 1 unspecified atom stereocenters. The fraction of sp³-hybridized carbons (Fsp3) is 0.400. The first-order valence-electron chi connectivity index (χ1n) is 6.96. The lowest BCUT2D eigenvalue weighted by Crippen LogP contribution is -2.44. The zero-order valence-corrected chi connectivity index (χ0v) is 13.5. The molecule has 0 aliphatic rings. The summed E-state index contributed by atoms with van der Waals surface area (Å²) in [5.74, 6) is -1.70. The standard InChI is InChI=1S/C15H19NO6S/c1-2-21-14(19)12(9-23-10-13(17)18)16-15(20)22-8-11-6-4-3-5-7-11/h3-7,12H,2,8-10H2,1H3,(H,16,20)(H,17,18). The average Bonchev–Trinajstić information content (AvgIpc) is 2.53. The Hall–Kier alpha value is -2.22. The minimum atomic E-state index is -0.996. The first-order chi connectivity index (χ1) is 11.0. The third-order valence-electron chi connectivity index (χ3n) is 2.59. The highest BCUT2D eigenvalue weighted by molar-refractivity contribution is 8.00. The molecule has 0 radical (unpaired) electrons. The van der Waals surface area contributed by atoms with Crippen LogP contribution in [-0.4, -0.2) is 47.3 Å². The van der Waals surface area contributed by atoms with Crippen LogP contribution in [0.1, 0.15) is 12.5 Å². The molecule has 23 heavy (non-hydrogen) atoms. The van der Waals surface area contributed by atoms with Crippen molar-refractivity contribution in [2.24, 2.45) is 0 Å². The minimum absolute atomic E-state index is 0.0739. The summed E-state index contributed by atoms with van der Waals surface area (Å²) in [5, 5.41) is 11.0. The molecule has 0 spiro atoms. The SMILES string of the molecule is CCOC(=O)C(CSCC(=O)O)NC(=O)OCc1ccccc1. The van der Waals surface area contributed by atoms with Crippen molar-refractivity contribution in [2.45, 2.75) is 19.6 Å². The van der Waals surface area contributed by atoms with E-state index in [0.717, 1.165) is 17.3 Å². The fourth-order valence-corrected chi connectivity index (χ4v) is 2.33. The second-order valence-corrected chi connectivity index (χ2v) is 5.45. The Morgan fingerprint density at radius 3 is 2.52 bits per heavy atom. The second-order valence-electron chi connectivity index (χ2n) is 4.42. The summed E-state index contributed by atoms with van der Waals surface area (Å²) in [5.41, 5.74) is 0.815. The third-order valence-corrected chi connectivity index (χ3v) is 3.61. The van der Waals surface area contributed by atoms with Crippen LogP contribution in [0.5, 0.6) is 0 Å². The summed E-state index contributed by atoms with van der Waals surface area (Å²) in [6, 6.07) is 8.14. The fourth-order valence-electron chi connectivity index (χ4n) is 1.58. The van der Waals surface area contributed by atoms with Gasteiger partial charge in [0.1, 0.15) is 12.6 Å². The topological polar surface area (TPSA) is 102 Å². The van der Waals surface area contributed by atoms with Crippen LogP contribution in [-0.2, 0) is 25.7 Å². The number of esters is 1. The molecule has 0 aliphatic carbocycles. The number of carboxylic acid groups (broad SMARTS) is 1. The number of thioether (sulfide) groups is 1. The van der Waals surface area contributed by atoms with E-state index in [2.05, 4.69) is 5.32 Å². The lowest BCUT2D eigenvalue weighted by Gasteiger charge is -2.16. The Balaban J connectivity index is 2.48. The molecule has 0 fully saturated rings. The summed E-state index contributed by atoms with van der Waals surface area (Å²) in [4.78, 5) is 34.1. The lowest BCUT2D eigenvalue weighted by molar-refractivity contribution is -0.145. The van der Waals surface area contributed by atoms with E-state index < -0.39 is 24.1 Å². The van der Waals surface area contributed by atoms with E-state index in [0.29, 0.717) is 0 Å². The van der Waals surface area contributed by atoms with Crippen molar-refractivity contribution < 1.29 is 29.0 Å². The summed E-state index contributed by atoms with van der Waals surface area (Å²) in [6.45, 7) is 1.89. The van der Waals surface area contributed by atoms with Gasteiger partial charge in [0.05, 0.1) is 12.4 Å². The van der Waals surface area contributed by atoms with Crippen LogP contribution < -0.4 is 5.32 Å². The molecule has 1 rings (SSSR count). The molecule has 7 nitrogen and oxygen atoms in total.